The monoisotopic (exact) mass is 718 g/mol. The normalized spacial score (nSPS) is 13.2. The Kier molecular flexibility index (Phi) is 6.64. The molecule has 0 atom stereocenters. The quantitative estimate of drug-likeness (QED) is 0.182. The summed E-state index contributed by atoms with van der Waals surface area (Å²) in [5.41, 5.74) is 11.4. The van der Waals surface area contributed by atoms with Gasteiger partial charge in [0.2, 0.25) is 0 Å². The van der Waals surface area contributed by atoms with E-state index in [1.165, 1.54) is 49.3 Å². The summed E-state index contributed by atoms with van der Waals surface area (Å²) in [6, 6.07) is 53.6. The molecule has 1 aliphatic carbocycles. The predicted molar refractivity (Wildman–Crippen MR) is 213 cm³/mol. The van der Waals surface area contributed by atoms with Gasteiger partial charge in [0.15, 0.2) is 17.5 Å². The lowest BCUT2D eigenvalue weighted by molar-refractivity contribution is 0.667. The van der Waals surface area contributed by atoms with E-state index in [2.05, 4.69) is 125 Å². The van der Waals surface area contributed by atoms with Crippen LogP contribution in [0.3, 0.4) is 0 Å². The summed E-state index contributed by atoms with van der Waals surface area (Å²) in [7, 11) is 0. The number of aromatic nitrogens is 4. The molecule has 0 aliphatic heterocycles. The molecule has 242 valence electrons. The second-order valence-corrected chi connectivity index (χ2v) is 14.8. The summed E-state index contributed by atoms with van der Waals surface area (Å²) in [5.74, 6) is 1.94. The van der Waals surface area contributed by atoms with Crippen LogP contribution in [0.25, 0.3) is 83.6 Å². The standard InChI is InChI=1S/C46H31BrN4/c1-46(2)39-27-41-38(26-36(39)35-22-20-28-12-9-10-19-34(28)42(35)46)37-25-32(47)21-23-40(37)51(41)33-18-11-17-31(24-33)45-49-43(29-13-5-3-6-14-29)48-44(50-45)30-15-7-4-8-16-30/h3-27H,1-2H3. The molecule has 0 spiro atoms. The van der Waals surface area contributed by atoms with Gasteiger partial charge in [-0.1, -0.05) is 139 Å². The predicted octanol–water partition coefficient (Wildman–Crippen LogP) is 12.2. The molecule has 5 heteroatoms. The first-order chi connectivity index (χ1) is 24.9. The summed E-state index contributed by atoms with van der Waals surface area (Å²) in [6.45, 7) is 4.74. The third kappa shape index (κ3) is 4.69. The molecule has 0 bridgehead atoms. The Hall–Kier alpha value is -5.91. The zero-order chi connectivity index (χ0) is 34.3. The lowest BCUT2D eigenvalue weighted by Crippen LogP contribution is -2.15. The van der Waals surface area contributed by atoms with E-state index in [0.717, 1.165) is 32.4 Å². The summed E-state index contributed by atoms with van der Waals surface area (Å²) in [6.07, 6.45) is 0. The summed E-state index contributed by atoms with van der Waals surface area (Å²) >= 11 is 3.78. The van der Waals surface area contributed by atoms with E-state index in [1.807, 2.05) is 60.7 Å². The van der Waals surface area contributed by atoms with Crippen LogP contribution in [0.15, 0.2) is 156 Å². The first-order valence-corrected chi connectivity index (χ1v) is 18.0. The fraction of sp³-hybridized carbons (Fsp3) is 0.0652. The molecule has 4 nitrogen and oxygen atoms in total. The molecule has 0 amide bonds. The van der Waals surface area contributed by atoms with Gasteiger partial charge in [0.25, 0.3) is 0 Å². The average Bonchev–Trinajstić information content (AvgIpc) is 3.61. The molecule has 2 aromatic heterocycles. The summed E-state index contributed by atoms with van der Waals surface area (Å²) < 4.78 is 3.46. The van der Waals surface area contributed by atoms with Gasteiger partial charge in [-0.2, -0.15) is 0 Å². The summed E-state index contributed by atoms with van der Waals surface area (Å²) in [5, 5.41) is 5.04. The van der Waals surface area contributed by atoms with E-state index in [9.17, 15) is 0 Å². The minimum absolute atomic E-state index is 0.171. The van der Waals surface area contributed by atoms with Gasteiger partial charge < -0.3 is 4.57 Å². The van der Waals surface area contributed by atoms with Gasteiger partial charge in [-0.05, 0) is 75.5 Å². The molecule has 0 N–H and O–H groups in total. The number of benzene rings is 7. The fourth-order valence-electron chi connectivity index (χ4n) is 8.08. The molecule has 10 rings (SSSR count). The maximum absolute atomic E-state index is 5.03. The van der Waals surface area contributed by atoms with E-state index in [0.29, 0.717) is 17.5 Å². The van der Waals surface area contributed by atoms with Crippen LogP contribution in [0.2, 0.25) is 0 Å². The van der Waals surface area contributed by atoms with Crippen molar-refractivity contribution in [1.82, 2.24) is 19.5 Å². The Morgan fingerprint density at radius 1 is 0.490 bits per heavy atom. The number of rotatable bonds is 4. The number of fused-ring (bicyclic) bond motifs is 8. The molecule has 0 fully saturated rings. The van der Waals surface area contributed by atoms with E-state index in [-0.39, 0.29) is 5.41 Å². The van der Waals surface area contributed by atoms with Gasteiger partial charge >= 0.3 is 0 Å². The second-order valence-electron chi connectivity index (χ2n) is 13.8. The lowest BCUT2D eigenvalue weighted by atomic mass is 9.80. The van der Waals surface area contributed by atoms with E-state index >= 15 is 0 Å². The van der Waals surface area contributed by atoms with Crippen LogP contribution >= 0.6 is 15.9 Å². The first-order valence-electron chi connectivity index (χ1n) is 17.2. The van der Waals surface area contributed by atoms with Crippen molar-refractivity contribution in [3.8, 4) is 51.0 Å². The highest BCUT2D eigenvalue weighted by molar-refractivity contribution is 9.10. The Morgan fingerprint density at radius 2 is 1.12 bits per heavy atom. The van der Waals surface area contributed by atoms with Gasteiger partial charge in [0.1, 0.15) is 0 Å². The van der Waals surface area contributed by atoms with Gasteiger partial charge in [-0.3, -0.25) is 0 Å². The van der Waals surface area contributed by atoms with Crippen molar-refractivity contribution in [2.24, 2.45) is 0 Å². The molecule has 51 heavy (non-hydrogen) atoms. The number of hydrogen-bond acceptors (Lipinski definition) is 3. The maximum Gasteiger partial charge on any atom is 0.164 e. The minimum Gasteiger partial charge on any atom is -0.309 e. The molecule has 0 saturated heterocycles. The highest BCUT2D eigenvalue weighted by atomic mass is 79.9. The second kappa shape index (κ2) is 11.3. The molecule has 2 heterocycles. The molecular formula is C46H31BrN4. The molecule has 1 aliphatic rings. The highest BCUT2D eigenvalue weighted by Gasteiger charge is 2.37. The Morgan fingerprint density at radius 3 is 1.84 bits per heavy atom. The smallest absolute Gasteiger partial charge is 0.164 e. The topological polar surface area (TPSA) is 43.6 Å². The van der Waals surface area contributed by atoms with Crippen molar-refractivity contribution < 1.29 is 0 Å². The largest absolute Gasteiger partial charge is 0.309 e. The summed E-state index contributed by atoms with van der Waals surface area (Å²) in [4.78, 5) is 15.0. The maximum atomic E-state index is 5.03. The van der Waals surface area contributed by atoms with Crippen molar-refractivity contribution >= 4 is 48.5 Å². The van der Waals surface area contributed by atoms with Crippen LogP contribution in [0.4, 0.5) is 0 Å². The Balaban J connectivity index is 1.20. The fourth-order valence-corrected chi connectivity index (χ4v) is 8.44. The van der Waals surface area contributed by atoms with Crippen molar-refractivity contribution in [2.75, 3.05) is 0 Å². The van der Waals surface area contributed by atoms with Crippen molar-refractivity contribution in [3.63, 3.8) is 0 Å². The van der Waals surface area contributed by atoms with Crippen molar-refractivity contribution in [3.05, 3.63) is 167 Å². The first kappa shape index (κ1) is 30.0. The SMILES string of the molecule is CC1(C)c2cc3c(cc2-c2ccc4ccccc4c21)c1cc(Br)ccc1n3-c1cccc(-c2nc(-c3ccccc3)nc(-c3ccccc3)n2)c1. The molecule has 0 saturated carbocycles. The third-order valence-corrected chi connectivity index (χ3v) is 10.9. The Bertz CT molecular complexity index is 2780. The van der Waals surface area contributed by atoms with Gasteiger partial charge in [-0.15, -0.1) is 0 Å². The van der Waals surface area contributed by atoms with Crippen molar-refractivity contribution in [1.29, 1.82) is 0 Å². The third-order valence-electron chi connectivity index (χ3n) is 10.4. The van der Waals surface area contributed by atoms with E-state index in [1.54, 1.807) is 0 Å². The Labute approximate surface area is 304 Å². The van der Waals surface area contributed by atoms with Crippen molar-refractivity contribution in [2.45, 2.75) is 19.3 Å². The van der Waals surface area contributed by atoms with Gasteiger partial charge in [-0.25, -0.2) is 15.0 Å². The zero-order valence-electron chi connectivity index (χ0n) is 28.1. The lowest BCUT2D eigenvalue weighted by Gasteiger charge is -2.23. The highest BCUT2D eigenvalue weighted by Crippen LogP contribution is 2.53. The minimum atomic E-state index is -0.171. The zero-order valence-corrected chi connectivity index (χ0v) is 29.7. The van der Waals surface area contributed by atoms with Crippen LogP contribution in [0.5, 0.6) is 0 Å². The molecule has 0 radical (unpaired) electrons. The van der Waals surface area contributed by atoms with Crippen LogP contribution in [-0.4, -0.2) is 19.5 Å². The van der Waals surface area contributed by atoms with Gasteiger partial charge in [0.05, 0.1) is 11.0 Å². The van der Waals surface area contributed by atoms with Crippen LogP contribution < -0.4 is 0 Å². The van der Waals surface area contributed by atoms with Gasteiger partial charge in [0, 0.05) is 43.0 Å². The number of halogens is 1. The van der Waals surface area contributed by atoms with Crippen LogP contribution in [0.1, 0.15) is 25.0 Å². The molecule has 0 unspecified atom stereocenters. The van der Waals surface area contributed by atoms with E-state index in [4.69, 9.17) is 15.0 Å². The molecule has 7 aromatic carbocycles. The molecule has 9 aromatic rings. The molecular weight excluding hydrogens is 688 g/mol. The van der Waals surface area contributed by atoms with Crippen LogP contribution in [0, 0.1) is 0 Å². The number of hydrogen-bond donors (Lipinski definition) is 0. The van der Waals surface area contributed by atoms with E-state index < -0.39 is 0 Å². The van der Waals surface area contributed by atoms with Crippen LogP contribution in [-0.2, 0) is 5.41 Å². The number of nitrogens with zero attached hydrogens (tertiary/aromatic N) is 4. The average molecular weight is 720 g/mol.